The molecule has 0 amide bonds. The second-order valence-corrected chi connectivity index (χ2v) is 6.07. The van der Waals surface area contributed by atoms with E-state index in [1.165, 1.54) is 23.0 Å². The molecule has 0 saturated carbocycles. The molecule has 0 aliphatic rings. The molecule has 2 heterocycles. The standard InChI is InChI=1S/C14H10BrClF3N5O/c15-7-3-8(5-9(4-7)25-14(18)19)21-11-10-12(23-13(16)22-11)24(2-1-17)6-20-10/h3-6,14H,1-2H2,(H,21,22,23). The van der Waals surface area contributed by atoms with Crippen molar-refractivity contribution < 1.29 is 17.9 Å². The average Bonchev–Trinajstić information content (AvgIpc) is 2.89. The zero-order chi connectivity index (χ0) is 18.0. The summed E-state index contributed by atoms with van der Waals surface area (Å²) in [5, 5.41) is 2.88. The lowest BCUT2D eigenvalue weighted by atomic mass is 10.3. The van der Waals surface area contributed by atoms with Crippen molar-refractivity contribution in [2.24, 2.45) is 0 Å². The fourth-order valence-electron chi connectivity index (χ4n) is 2.20. The molecule has 132 valence electrons. The number of alkyl halides is 3. The van der Waals surface area contributed by atoms with E-state index in [9.17, 15) is 13.2 Å². The number of aromatic nitrogens is 4. The molecule has 6 nitrogen and oxygen atoms in total. The predicted molar refractivity (Wildman–Crippen MR) is 90.4 cm³/mol. The topological polar surface area (TPSA) is 64.9 Å². The predicted octanol–water partition coefficient (Wildman–Crippen LogP) is 4.56. The monoisotopic (exact) mass is 435 g/mol. The number of halogens is 5. The summed E-state index contributed by atoms with van der Waals surface area (Å²) >= 11 is 9.14. The average molecular weight is 437 g/mol. The number of benzene rings is 1. The third kappa shape index (κ3) is 4.13. The van der Waals surface area contributed by atoms with Crippen LogP contribution in [0.3, 0.4) is 0 Å². The first-order valence-corrected chi connectivity index (χ1v) is 8.10. The highest BCUT2D eigenvalue weighted by Gasteiger charge is 2.14. The first-order chi connectivity index (χ1) is 12.0. The van der Waals surface area contributed by atoms with E-state index in [4.69, 9.17) is 11.6 Å². The Balaban J connectivity index is 1.99. The molecule has 0 aliphatic heterocycles. The number of hydrogen-bond acceptors (Lipinski definition) is 5. The molecule has 2 aromatic heterocycles. The van der Waals surface area contributed by atoms with Crippen molar-refractivity contribution in [3.63, 3.8) is 0 Å². The lowest BCUT2D eigenvalue weighted by Crippen LogP contribution is -2.03. The molecule has 0 atom stereocenters. The summed E-state index contributed by atoms with van der Waals surface area (Å²) in [5.74, 6) is 0.222. The van der Waals surface area contributed by atoms with E-state index >= 15 is 0 Å². The van der Waals surface area contributed by atoms with Crippen molar-refractivity contribution in [2.75, 3.05) is 12.0 Å². The Hall–Kier alpha value is -2.07. The molecule has 0 radical (unpaired) electrons. The smallest absolute Gasteiger partial charge is 0.387 e. The van der Waals surface area contributed by atoms with Gasteiger partial charge in [0.15, 0.2) is 17.0 Å². The van der Waals surface area contributed by atoms with E-state index in [-0.39, 0.29) is 23.4 Å². The van der Waals surface area contributed by atoms with Crippen LogP contribution in [0.5, 0.6) is 5.75 Å². The fraction of sp³-hybridized carbons (Fsp3) is 0.214. The minimum absolute atomic E-state index is 0.0359. The van der Waals surface area contributed by atoms with E-state index in [0.717, 1.165) is 0 Å². The third-order valence-corrected chi connectivity index (χ3v) is 3.75. The van der Waals surface area contributed by atoms with E-state index in [1.54, 1.807) is 6.07 Å². The number of hydrogen-bond donors (Lipinski definition) is 1. The maximum absolute atomic E-state index is 12.6. The summed E-state index contributed by atoms with van der Waals surface area (Å²) in [5.41, 5.74) is 1.15. The number of rotatable bonds is 6. The first kappa shape index (κ1) is 17.7. The number of nitrogens with one attached hydrogen (secondary N) is 1. The van der Waals surface area contributed by atoms with Crippen LogP contribution in [0.2, 0.25) is 5.28 Å². The highest BCUT2D eigenvalue weighted by molar-refractivity contribution is 9.10. The van der Waals surface area contributed by atoms with Crippen LogP contribution in [0.1, 0.15) is 0 Å². The van der Waals surface area contributed by atoms with Crippen LogP contribution in [-0.4, -0.2) is 32.8 Å². The van der Waals surface area contributed by atoms with E-state index in [2.05, 4.69) is 40.9 Å². The lowest BCUT2D eigenvalue weighted by molar-refractivity contribution is -0.0498. The summed E-state index contributed by atoms with van der Waals surface area (Å²) in [6, 6.07) is 4.41. The fourth-order valence-corrected chi connectivity index (χ4v) is 2.84. The van der Waals surface area contributed by atoms with Gasteiger partial charge in [0.2, 0.25) is 5.28 Å². The van der Waals surface area contributed by atoms with Crippen LogP contribution in [0, 0.1) is 0 Å². The van der Waals surface area contributed by atoms with Crippen LogP contribution in [0.15, 0.2) is 29.0 Å². The Kier molecular flexibility index (Phi) is 5.28. The highest BCUT2D eigenvalue weighted by Crippen LogP contribution is 2.30. The van der Waals surface area contributed by atoms with Crippen molar-refractivity contribution in [3.8, 4) is 5.75 Å². The van der Waals surface area contributed by atoms with Crippen molar-refractivity contribution in [1.82, 2.24) is 19.5 Å². The summed E-state index contributed by atoms with van der Waals surface area (Å²) in [6.45, 7) is -3.46. The van der Waals surface area contributed by atoms with Crippen molar-refractivity contribution in [3.05, 3.63) is 34.3 Å². The molecule has 0 fully saturated rings. The zero-order valence-electron chi connectivity index (χ0n) is 12.4. The van der Waals surface area contributed by atoms with Crippen molar-refractivity contribution in [2.45, 2.75) is 13.2 Å². The van der Waals surface area contributed by atoms with Gasteiger partial charge >= 0.3 is 6.61 Å². The van der Waals surface area contributed by atoms with Gasteiger partial charge in [-0.1, -0.05) is 15.9 Å². The minimum Gasteiger partial charge on any atom is -0.435 e. The Labute approximate surface area is 153 Å². The van der Waals surface area contributed by atoms with Gasteiger partial charge in [0.1, 0.15) is 12.4 Å². The summed E-state index contributed by atoms with van der Waals surface area (Å²) in [6.07, 6.45) is 1.42. The highest BCUT2D eigenvalue weighted by atomic mass is 79.9. The number of fused-ring (bicyclic) bond motifs is 1. The van der Waals surface area contributed by atoms with Gasteiger partial charge in [-0.25, -0.2) is 9.37 Å². The SMILES string of the molecule is FCCn1cnc2c(Nc3cc(Br)cc(OC(F)F)c3)nc(Cl)nc21. The molecule has 0 aliphatic carbocycles. The molecule has 0 spiro atoms. The molecule has 0 unspecified atom stereocenters. The third-order valence-electron chi connectivity index (χ3n) is 3.12. The summed E-state index contributed by atoms with van der Waals surface area (Å²) < 4.78 is 43.8. The second-order valence-electron chi connectivity index (χ2n) is 4.82. The van der Waals surface area contributed by atoms with Gasteiger partial charge in [0, 0.05) is 16.2 Å². The molecule has 3 rings (SSSR count). The molecule has 25 heavy (non-hydrogen) atoms. The number of anilines is 2. The van der Waals surface area contributed by atoms with Gasteiger partial charge in [-0.05, 0) is 23.7 Å². The summed E-state index contributed by atoms with van der Waals surface area (Å²) in [7, 11) is 0. The van der Waals surface area contributed by atoms with Crippen LogP contribution in [-0.2, 0) is 6.54 Å². The second kappa shape index (κ2) is 7.44. The van der Waals surface area contributed by atoms with Crippen molar-refractivity contribution in [1.29, 1.82) is 0 Å². The number of nitrogens with zero attached hydrogens (tertiary/aromatic N) is 4. The van der Waals surface area contributed by atoms with Crippen LogP contribution in [0.25, 0.3) is 11.2 Å². The van der Waals surface area contributed by atoms with E-state index < -0.39 is 13.3 Å². The van der Waals surface area contributed by atoms with Gasteiger partial charge in [-0.3, -0.25) is 0 Å². The molecule has 1 aromatic carbocycles. The Morgan fingerprint density at radius 3 is 2.80 bits per heavy atom. The minimum atomic E-state index is -2.95. The quantitative estimate of drug-likeness (QED) is 0.574. The molecular formula is C14H10BrClF3N5O. The molecule has 1 N–H and O–H groups in total. The van der Waals surface area contributed by atoms with E-state index in [0.29, 0.717) is 21.3 Å². The van der Waals surface area contributed by atoms with Gasteiger partial charge < -0.3 is 14.6 Å². The maximum Gasteiger partial charge on any atom is 0.387 e. The zero-order valence-corrected chi connectivity index (χ0v) is 14.7. The summed E-state index contributed by atoms with van der Waals surface area (Å²) in [4.78, 5) is 12.3. The van der Waals surface area contributed by atoms with Gasteiger partial charge in [-0.15, -0.1) is 0 Å². The van der Waals surface area contributed by atoms with Crippen molar-refractivity contribution >= 4 is 50.2 Å². The van der Waals surface area contributed by atoms with Crippen LogP contribution < -0.4 is 10.1 Å². The normalized spacial score (nSPS) is 11.3. The molecular weight excluding hydrogens is 427 g/mol. The van der Waals surface area contributed by atoms with Crippen LogP contribution >= 0.6 is 27.5 Å². The largest absolute Gasteiger partial charge is 0.435 e. The molecule has 0 bridgehead atoms. The Morgan fingerprint density at radius 1 is 1.28 bits per heavy atom. The van der Waals surface area contributed by atoms with Gasteiger partial charge in [0.05, 0.1) is 12.9 Å². The first-order valence-electron chi connectivity index (χ1n) is 6.93. The Morgan fingerprint density at radius 2 is 2.08 bits per heavy atom. The Bertz CT molecular complexity index is 908. The number of imidazole rings is 1. The van der Waals surface area contributed by atoms with Crippen LogP contribution in [0.4, 0.5) is 24.7 Å². The maximum atomic E-state index is 12.6. The number of ether oxygens (including phenoxy) is 1. The molecule has 3 aromatic rings. The molecule has 11 heteroatoms. The van der Waals surface area contributed by atoms with Gasteiger partial charge in [0.25, 0.3) is 0 Å². The number of aryl methyl sites for hydroxylation is 1. The van der Waals surface area contributed by atoms with Gasteiger partial charge in [-0.2, -0.15) is 18.7 Å². The van der Waals surface area contributed by atoms with E-state index in [1.807, 2.05) is 0 Å². The lowest BCUT2D eigenvalue weighted by Gasteiger charge is -2.10. The molecule has 0 saturated heterocycles.